The predicted molar refractivity (Wildman–Crippen MR) is 86.3 cm³/mol. The fourth-order valence-electron chi connectivity index (χ4n) is 6.85. The van der Waals surface area contributed by atoms with Gasteiger partial charge in [0.15, 0.2) is 5.78 Å². The molecule has 0 saturated heterocycles. The molecule has 6 atom stereocenters. The largest absolute Gasteiger partial charge is 0.300 e. The van der Waals surface area contributed by atoms with Crippen molar-refractivity contribution in [1.29, 1.82) is 0 Å². The standard InChI is InChI=1S/C20H28O2/c1-12(21)18-7-8-19-17-5-3-13-11-14(22)4-6-15(13)16(17)9-10-20(18,19)2/h11,15-19H,3-10H2,1-2H3/t15-,16-,17+,18-,19+,20-/m0/s1. The van der Waals surface area contributed by atoms with Gasteiger partial charge in [0.2, 0.25) is 0 Å². The maximum Gasteiger partial charge on any atom is 0.155 e. The molecule has 120 valence electrons. The van der Waals surface area contributed by atoms with Crippen molar-refractivity contribution in [2.75, 3.05) is 0 Å². The molecule has 0 N–H and O–H groups in total. The molecule has 0 aromatic rings. The van der Waals surface area contributed by atoms with Crippen LogP contribution < -0.4 is 0 Å². The van der Waals surface area contributed by atoms with Crippen molar-refractivity contribution in [2.45, 2.75) is 65.2 Å². The summed E-state index contributed by atoms with van der Waals surface area (Å²) in [5.74, 6) is 4.10. The first-order chi connectivity index (χ1) is 10.5. The van der Waals surface area contributed by atoms with Gasteiger partial charge in [-0.1, -0.05) is 12.5 Å². The molecule has 4 aliphatic carbocycles. The Bertz CT molecular complexity index is 546. The Balaban J connectivity index is 1.62. The summed E-state index contributed by atoms with van der Waals surface area (Å²) in [5.41, 5.74) is 1.72. The van der Waals surface area contributed by atoms with Gasteiger partial charge in [0.05, 0.1) is 0 Å². The van der Waals surface area contributed by atoms with Crippen molar-refractivity contribution in [3.63, 3.8) is 0 Å². The first kappa shape index (κ1) is 14.7. The number of rotatable bonds is 1. The first-order valence-corrected chi connectivity index (χ1v) is 9.24. The molecule has 22 heavy (non-hydrogen) atoms. The molecule has 3 fully saturated rings. The summed E-state index contributed by atoms with van der Waals surface area (Å²) in [7, 11) is 0. The average Bonchev–Trinajstić information content (AvgIpc) is 2.84. The molecule has 3 saturated carbocycles. The van der Waals surface area contributed by atoms with Crippen molar-refractivity contribution in [2.24, 2.45) is 35.0 Å². The van der Waals surface area contributed by atoms with Crippen LogP contribution in [0.5, 0.6) is 0 Å². The molecule has 0 spiro atoms. The topological polar surface area (TPSA) is 34.1 Å². The van der Waals surface area contributed by atoms with E-state index >= 15 is 0 Å². The monoisotopic (exact) mass is 300 g/mol. The lowest BCUT2D eigenvalue weighted by atomic mass is 9.51. The Morgan fingerprint density at radius 2 is 1.91 bits per heavy atom. The summed E-state index contributed by atoms with van der Waals surface area (Å²) >= 11 is 0. The van der Waals surface area contributed by atoms with Gasteiger partial charge in [-0.2, -0.15) is 0 Å². The van der Waals surface area contributed by atoms with Gasteiger partial charge in [0, 0.05) is 12.3 Å². The van der Waals surface area contributed by atoms with Crippen LogP contribution in [-0.2, 0) is 9.59 Å². The highest BCUT2D eigenvalue weighted by Gasteiger charge is 2.57. The molecule has 4 aliphatic rings. The van der Waals surface area contributed by atoms with E-state index in [2.05, 4.69) is 6.92 Å². The Hall–Kier alpha value is -0.920. The molecule has 0 radical (unpaired) electrons. The summed E-state index contributed by atoms with van der Waals surface area (Å²) in [4.78, 5) is 23.8. The van der Waals surface area contributed by atoms with Gasteiger partial charge < -0.3 is 0 Å². The van der Waals surface area contributed by atoms with Crippen LogP contribution in [0.1, 0.15) is 65.2 Å². The highest BCUT2D eigenvalue weighted by molar-refractivity contribution is 5.91. The summed E-state index contributed by atoms with van der Waals surface area (Å²) < 4.78 is 0. The molecule has 2 nitrogen and oxygen atoms in total. The lowest BCUT2D eigenvalue weighted by molar-refractivity contribution is -0.127. The quantitative estimate of drug-likeness (QED) is 0.722. The van der Waals surface area contributed by atoms with Crippen LogP contribution in [-0.4, -0.2) is 11.6 Å². The number of ketones is 2. The highest BCUT2D eigenvalue weighted by atomic mass is 16.1. The molecule has 0 aromatic carbocycles. The van der Waals surface area contributed by atoms with E-state index in [1.165, 1.54) is 31.3 Å². The molecule has 0 unspecified atom stereocenters. The molecule has 2 heteroatoms. The molecule has 4 rings (SSSR count). The van der Waals surface area contributed by atoms with Gasteiger partial charge in [0.25, 0.3) is 0 Å². The molecule has 0 aliphatic heterocycles. The maximum absolute atomic E-state index is 12.1. The molecule has 0 aromatic heterocycles. The van der Waals surface area contributed by atoms with Crippen LogP contribution in [0.15, 0.2) is 11.6 Å². The third kappa shape index (κ3) is 1.98. The van der Waals surface area contributed by atoms with Gasteiger partial charge in [-0.05, 0) is 87.0 Å². The second kappa shape index (κ2) is 5.04. The average molecular weight is 300 g/mol. The second-order valence-corrected chi connectivity index (χ2v) is 8.59. The number of carbonyl (C=O) groups excluding carboxylic acids is 2. The van der Waals surface area contributed by atoms with E-state index in [9.17, 15) is 9.59 Å². The minimum Gasteiger partial charge on any atom is -0.300 e. The third-order valence-corrected chi connectivity index (χ3v) is 7.79. The number of hydrogen-bond donors (Lipinski definition) is 0. The van der Waals surface area contributed by atoms with Crippen LogP contribution in [0.4, 0.5) is 0 Å². The van der Waals surface area contributed by atoms with Crippen LogP contribution in [0.3, 0.4) is 0 Å². The van der Waals surface area contributed by atoms with Crippen molar-refractivity contribution in [3.05, 3.63) is 11.6 Å². The van der Waals surface area contributed by atoms with Crippen LogP contribution in [0, 0.1) is 35.0 Å². The van der Waals surface area contributed by atoms with E-state index in [1.807, 2.05) is 6.08 Å². The van der Waals surface area contributed by atoms with E-state index in [0.717, 1.165) is 43.4 Å². The molecular weight excluding hydrogens is 272 g/mol. The minimum absolute atomic E-state index is 0.263. The summed E-state index contributed by atoms with van der Waals surface area (Å²) in [5, 5.41) is 0. The van der Waals surface area contributed by atoms with Crippen LogP contribution in [0.25, 0.3) is 0 Å². The molecule has 0 amide bonds. The van der Waals surface area contributed by atoms with Crippen LogP contribution in [0.2, 0.25) is 0 Å². The van der Waals surface area contributed by atoms with Gasteiger partial charge in [0.1, 0.15) is 5.78 Å². The van der Waals surface area contributed by atoms with Gasteiger partial charge in [-0.15, -0.1) is 0 Å². The zero-order valence-corrected chi connectivity index (χ0v) is 13.9. The number of carbonyl (C=O) groups is 2. The Morgan fingerprint density at radius 3 is 2.68 bits per heavy atom. The number of hydrogen-bond acceptors (Lipinski definition) is 2. The SMILES string of the molecule is CC(=O)[C@@H]1CC[C@@H]2[C@@H]3CCC4=CC(=O)CC[C@@H]4[C@@H]3CC[C@]21C. The molecule has 0 bridgehead atoms. The third-order valence-electron chi connectivity index (χ3n) is 7.79. The van der Waals surface area contributed by atoms with Crippen molar-refractivity contribution < 1.29 is 9.59 Å². The van der Waals surface area contributed by atoms with Gasteiger partial charge in [-0.25, -0.2) is 0 Å². The molecular formula is C20H28O2. The molecule has 0 heterocycles. The predicted octanol–water partition coefficient (Wildman–Crippen LogP) is 4.33. The van der Waals surface area contributed by atoms with E-state index in [1.54, 1.807) is 6.92 Å². The van der Waals surface area contributed by atoms with Gasteiger partial charge >= 0.3 is 0 Å². The van der Waals surface area contributed by atoms with E-state index in [-0.39, 0.29) is 5.41 Å². The first-order valence-electron chi connectivity index (χ1n) is 9.24. The van der Waals surface area contributed by atoms with E-state index in [0.29, 0.717) is 23.4 Å². The lowest BCUT2D eigenvalue weighted by Gasteiger charge is -2.53. The highest BCUT2D eigenvalue weighted by Crippen LogP contribution is 2.63. The van der Waals surface area contributed by atoms with E-state index < -0.39 is 0 Å². The van der Waals surface area contributed by atoms with Crippen molar-refractivity contribution in [3.8, 4) is 0 Å². The number of allylic oxidation sites excluding steroid dienone is 1. The normalized spacial score (nSPS) is 47.3. The Labute approximate surface area is 133 Å². The smallest absolute Gasteiger partial charge is 0.155 e. The summed E-state index contributed by atoms with van der Waals surface area (Å²) in [6.07, 6.45) is 11.1. The Morgan fingerprint density at radius 1 is 1.09 bits per heavy atom. The fraction of sp³-hybridized carbons (Fsp3) is 0.800. The minimum atomic E-state index is 0.263. The van der Waals surface area contributed by atoms with E-state index in [4.69, 9.17) is 0 Å². The number of Topliss-reactive ketones (excluding diaryl/α,β-unsaturated/α-hetero) is 1. The number of fused-ring (bicyclic) bond motifs is 5. The second-order valence-electron chi connectivity index (χ2n) is 8.59. The van der Waals surface area contributed by atoms with Crippen molar-refractivity contribution in [1.82, 2.24) is 0 Å². The zero-order valence-electron chi connectivity index (χ0n) is 13.9. The maximum atomic E-state index is 12.1. The summed E-state index contributed by atoms with van der Waals surface area (Å²) in [6.45, 7) is 4.21. The van der Waals surface area contributed by atoms with Gasteiger partial charge in [-0.3, -0.25) is 9.59 Å². The lowest BCUT2D eigenvalue weighted by Crippen LogP contribution is -2.47. The zero-order chi connectivity index (χ0) is 15.5. The fourth-order valence-corrected chi connectivity index (χ4v) is 6.85. The van der Waals surface area contributed by atoms with Crippen LogP contribution >= 0.6 is 0 Å². The Kier molecular flexibility index (Phi) is 3.36. The van der Waals surface area contributed by atoms with Crippen molar-refractivity contribution >= 4 is 11.6 Å². The summed E-state index contributed by atoms with van der Waals surface area (Å²) in [6, 6.07) is 0.